The summed E-state index contributed by atoms with van der Waals surface area (Å²) in [7, 11) is 0. The third-order valence-corrected chi connectivity index (χ3v) is 2.91. The molecule has 0 saturated carbocycles. The van der Waals surface area contributed by atoms with E-state index in [4.69, 9.17) is 0 Å². The first kappa shape index (κ1) is 12.8. The third kappa shape index (κ3) is 2.77. The quantitative estimate of drug-likeness (QED) is 0.873. The molecule has 4 nitrogen and oxygen atoms in total. The highest BCUT2D eigenvalue weighted by molar-refractivity contribution is 5.81. The van der Waals surface area contributed by atoms with Crippen LogP contribution < -0.4 is 5.32 Å². The van der Waals surface area contributed by atoms with Crippen LogP contribution in [0, 0.1) is 12.8 Å². The number of carbonyl (C=O) groups is 1. The maximum Gasteiger partial charge on any atom is 0.408 e. The van der Waals surface area contributed by atoms with Crippen LogP contribution in [-0.4, -0.2) is 28.3 Å². The standard InChI is InChI=1S/C11H12F3N3O/c1-6-2-3-8(17-16-6)4-7-5-9(11(12,13)14)15-10(7)18/h2-3,7,9H,4-5H2,1H3,(H,15,18). The molecular weight excluding hydrogens is 247 g/mol. The molecule has 98 valence electrons. The molecule has 0 bridgehead atoms. The van der Waals surface area contributed by atoms with Crippen LogP contribution in [0.4, 0.5) is 13.2 Å². The Balaban J connectivity index is 2.03. The summed E-state index contributed by atoms with van der Waals surface area (Å²) in [5.41, 5.74) is 1.26. The Hall–Kier alpha value is -1.66. The molecule has 2 heterocycles. The van der Waals surface area contributed by atoms with Gasteiger partial charge in [0.05, 0.1) is 11.4 Å². The van der Waals surface area contributed by atoms with Gasteiger partial charge in [0.1, 0.15) is 6.04 Å². The van der Waals surface area contributed by atoms with E-state index in [0.717, 1.165) is 5.69 Å². The molecule has 0 spiro atoms. The van der Waals surface area contributed by atoms with Crippen LogP contribution in [0.1, 0.15) is 17.8 Å². The van der Waals surface area contributed by atoms with Gasteiger partial charge >= 0.3 is 6.18 Å². The van der Waals surface area contributed by atoms with Crippen LogP contribution in [0.3, 0.4) is 0 Å². The number of nitrogens with zero attached hydrogens (tertiary/aromatic N) is 2. The Kier molecular flexibility index (Phi) is 3.23. The zero-order chi connectivity index (χ0) is 13.3. The molecule has 18 heavy (non-hydrogen) atoms. The van der Waals surface area contributed by atoms with Gasteiger partial charge in [-0.15, -0.1) is 0 Å². The molecule has 2 rings (SSSR count). The number of rotatable bonds is 2. The Morgan fingerprint density at radius 2 is 2.11 bits per heavy atom. The normalized spacial score (nSPS) is 24.1. The van der Waals surface area contributed by atoms with E-state index in [9.17, 15) is 18.0 Å². The molecule has 7 heteroatoms. The van der Waals surface area contributed by atoms with E-state index in [1.54, 1.807) is 19.1 Å². The monoisotopic (exact) mass is 259 g/mol. The summed E-state index contributed by atoms with van der Waals surface area (Å²) in [6.45, 7) is 1.76. The number of carbonyl (C=O) groups excluding carboxylic acids is 1. The number of amides is 1. The number of hydrogen-bond acceptors (Lipinski definition) is 3. The zero-order valence-corrected chi connectivity index (χ0v) is 9.66. The van der Waals surface area contributed by atoms with E-state index in [1.807, 2.05) is 5.32 Å². The van der Waals surface area contributed by atoms with Crippen LogP contribution in [0.25, 0.3) is 0 Å². The van der Waals surface area contributed by atoms with Gasteiger partial charge in [0.2, 0.25) is 5.91 Å². The minimum Gasteiger partial charge on any atom is -0.344 e. The predicted octanol–water partition coefficient (Wildman–Crippen LogP) is 1.39. The highest BCUT2D eigenvalue weighted by atomic mass is 19.4. The maximum absolute atomic E-state index is 12.5. The van der Waals surface area contributed by atoms with E-state index in [0.29, 0.717) is 5.69 Å². The summed E-state index contributed by atoms with van der Waals surface area (Å²) in [5, 5.41) is 9.63. The Bertz CT molecular complexity index is 444. The lowest BCUT2D eigenvalue weighted by Gasteiger charge is -2.13. The van der Waals surface area contributed by atoms with Gasteiger partial charge in [-0.3, -0.25) is 4.79 Å². The minimum absolute atomic E-state index is 0.186. The first-order chi connectivity index (χ1) is 8.36. The van der Waals surface area contributed by atoms with Gasteiger partial charge in [-0.25, -0.2) is 0 Å². The van der Waals surface area contributed by atoms with Gasteiger partial charge in [0.15, 0.2) is 0 Å². The molecule has 2 atom stereocenters. The van der Waals surface area contributed by atoms with Gasteiger partial charge in [-0.05, 0) is 25.5 Å². The van der Waals surface area contributed by atoms with E-state index in [-0.39, 0.29) is 12.8 Å². The molecule has 1 aromatic heterocycles. The smallest absolute Gasteiger partial charge is 0.344 e. The second kappa shape index (κ2) is 4.55. The number of aromatic nitrogens is 2. The maximum atomic E-state index is 12.5. The molecule has 1 amide bonds. The van der Waals surface area contributed by atoms with E-state index >= 15 is 0 Å². The van der Waals surface area contributed by atoms with Crippen molar-refractivity contribution in [3.63, 3.8) is 0 Å². The molecule has 0 aliphatic carbocycles. The lowest BCUT2D eigenvalue weighted by atomic mass is 9.99. The molecule has 0 aromatic carbocycles. The summed E-state index contributed by atoms with van der Waals surface area (Å²) in [4.78, 5) is 11.4. The van der Waals surface area contributed by atoms with Crippen molar-refractivity contribution in [2.24, 2.45) is 5.92 Å². The first-order valence-corrected chi connectivity index (χ1v) is 5.52. The number of aryl methyl sites for hydroxylation is 1. The number of alkyl halides is 3. The van der Waals surface area contributed by atoms with Crippen LogP contribution in [0.2, 0.25) is 0 Å². The van der Waals surface area contributed by atoms with Gasteiger partial charge in [0, 0.05) is 12.3 Å². The van der Waals surface area contributed by atoms with Gasteiger partial charge in [-0.2, -0.15) is 23.4 Å². The summed E-state index contributed by atoms with van der Waals surface area (Å²) in [5.74, 6) is -1.26. The van der Waals surface area contributed by atoms with Gasteiger partial charge in [-0.1, -0.05) is 0 Å². The average molecular weight is 259 g/mol. The van der Waals surface area contributed by atoms with Crippen molar-refractivity contribution in [1.29, 1.82) is 0 Å². The first-order valence-electron chi connectivity index (χ1n) is 5.52. The highest BCUT2D eigenvalue weighted by Crippen LogP contribution is 2.30. The summed E-state index contributed by atoms with van der Waals surface area (Å²) < 4.78 is 37.4. The third-order valence-electron chi connectivity index (χ3n) is 2.91. The summed E-state index contributed by atoms with van der Waals surface area (Å²) >= 11 is 0. The number of hydrogen-bond donors (Lipinski definition) is 1. The fourth-order valence-electron chi connectivity index (χ4n) is 1.92. The number of nitrogens with one attached hydrogen (secondary N) is 1. The minimum atomic E-state index is -4.39. The van der Waals surface area contributed by atoms with Crippen molar-refractivity contribution >= 4 is 5.91 Å². The van der Waals surface area contributed by atoms with Crippen LogP contribution in [-0.2, 0) is 11.2 Å². The lowest BCUT2D eigenvalue weighted by Crippen LogP contribution is -2.38. The zero-order valence-electron chi connectivity index (χ0n) is 9.66. The summed E-state index contributed by atoms with van der Waals surface area (Å²) in [6, 6.07) is 1.65. The Labute approximate surface area is 102 Å². The second-order valence-corrected chi connectivity index (χ2v) is 4.41. The van der Waals surface area contributed by atoms with Crippen molar-refractivity contribution in [2.75, 3.05) is 0 Å². The van der Waals surface area contributed by atoms with E-state index < -0.39 is 24.0 Å². The van der Waals surface area contributed by atoms with Crippen LogP contribution >= 0.6 is 0 Å². The topological polar surface area (TPSA) is 54.9 Å². The molecule has 1 N–H and O–H groups in total. The molecule has 0 radical (unpaired) electrons. The molecule has 1 fully saturated rings. The molecule has 2 unspecified atom stereocenters. The predicted molar refractivity (Wildman–Crippen MR) is 56.6 cm³/mol. The van der Waals surface area contributed by atoms with Crippen molar-refractivity contribution in [3.8, 4) is 0 Å². The van der Waals surface area contributed by atoms with Gasteiger partial charge in [0.25, 0.3) is 0 Å². The molecule has 1 saturated heterocycles. The van der Waals surface area contributed by atoms with E-state index in [1.165, 1.54) is 0 Å². The highest BCUT2D eigenvalue weighted by Gasteiger charge is 2.47. The van der Waals surface area contributed by atoms with Crippen molar-refractivity contribution in [2.45, 2.75) is 32.0 Å². The molecule has 1 aliphatic rings. The van der Waals surface area contributed by atoms with Crippen LogP contribution in [0.15, 0.2) is 12.1 Å². The largest absolute Gasteiger partial charge is 0.408 e. The number of halogens is 3. The van der Waals surface area contributed by atoms with Crippen LogP contribution in [0.5, 0.6) is 0 Å². The van der Waals surface area contributed by atoms with Gasteiger partial charge < -0.3 is 5.32 Å². The fraction of sp³-hybridized carbons (Fsp3) is 0.545. The summed E-state index contributed by atoms with van der Waals surface area (Å²) in [6.07, 6.45) is -4.44. The van der Waals surface area contributed by atoms with Crippen molar-refractivity contribution < 1.29 is 18.0 Å². The molecular formula is C11H12F3N3O. The van der Waals surface area contributed by atoms with Crippen molar-refractivity contribution in [3.05, 3.63) is 23.5 Å². The SMILES string of the molecule is Cc1ccc(CC2CC(C(F)(F)F)NC2=O)nn1. The lowest BCUT2D eigenvalue weighted by molar-refractivity contribution is -0.154. The fourth-order valence-corrected chi connectivity index (χ4v) is 1.92. The average Bonchev–Trinajstić information content (AvgIpc) is 2.63. The Morgan fingerprint density at radius 3 is 2.61 bits per heavy atom. The second-order valence-electron chi connectivity index (χ2n) is 4.41. The Morgan fingerprint density at radius 1 is 1.39 bits per heavy atom. The van der Waals surface area contributed by atoms with Crippen molar-refractivity contribution in [1.82, 2.24) is 15.5 Å². The molecule has 1 aliphatic heterocycles. The molecule has 1 aromatic rings. The van der Waals surface area contributed by atoms with E-state index in [2.05, 4.69) is 10.2 Å².